The van der Waals surface area contributed by atoms with Crippen molar-refractivity contribution >= 4 is 15.7 Å². The lowest BCUT2D eigenvalue weighted by Crippen LogP contribution is -2.27. The number of nitrogen functional groups attached to an aromatic ring is 1. The predicted molar refractivity (Wildman–Crippen MR) is 59.5 cm³/mol. The summed E-state index contributed by atoms with van der Waals surface area (Å²) in [6, 6.07) is 3.13. The normalized spacial score (nSPS) is 11.4. The van der Waals surface area contributed by atoms with Crippen molar-refractivity contribution in [1.29, 1.82) is 0 Å². The van der Waals surface area contributed by atoms with E-state index in [9.17, 15) is 12.8 Å². The highest BCUT2D eigenvalue weighted by atomic mass is 32.2. The topological polar surface area (TPSA) is 63.4 Å². The van der Waals surface area contributed by atoms with E-state index >= 15 is 0 Å². The first-order chi connectivity index (χ1) is 7.37. The largest absolute Gasteiger partial charge is 0.399 e. The number of benzene rings is 1. The molecule has 1 aromatic carbocycles. The molecule has 86 valence electrons. The Labute approximate surface area is 93.9 Å². The van der Waals surface area contributed by atoms with Crippen molar-refractivity contribution in [3.05, 3.63) is 24.0 Å². The second-order valence-corrected chi connectivity index (χ2v) is 5.23. The van der Waals surface area contributed by atoms with Crippen LogP contribution in [0.1, 0.15) is 0 Å². The van der Waals surface area contributed by atoms with Gasteiger partial charge in [-0.15, -0.1) is 6.42 Å². The van der Waals surface area contributed by atoms with Crippen molar-refractivity contribution < 1.29 is 12.8 Å². The van der Waals surface area contributed by atoms with Gasteiger partial charge in [-0.3, -0.25) is 0 Å². The van der Waals surface area contributed by atoms with Crippen LogP contribution in [0.25, 0.3) is 0 Å². The van der Waals surface area contributed by atoms with Crippen LogP contribution in [-0.4, -0.2) is 26.3 Å². The Morgan fingerprint density at radius 3 is 2.62 bits per heavy atom. The Hall–Kier alpha value is -1.58. The molecule has 0 heterocycles. The molecule has 0 amide bonds. The van der Waals surface area contributed by atoms with E-state index < -0.39 is 15.8 Å². The molecule has 0 aliphatic rings. The van der Waals surface area contributed by atoms with E-state index in [0.29, 0.717) is 0 Å². The molecule has 2 N–H and O–H groups in total. The molecule has 4 nitrogen and oxygen atoms in total. The minimum Gasteiger partial charge on any atom is -0.399 e. The van der Waals surface area contributed by atoms with E-state index in [1.165, 1.54) is 13.1 Å². The zero-order valence-corrected chi connectivity index (χ0v) is 9.46. The fraction of sp³-hybridized carbons (Fsp3) is 0.200. The molecular weight excluding hydrogens is 231 g/mol. The molecule has 0 aromatic heterocycles. The first kappa shape index (κ1) is 12.5. The molecule has 1 rings (SSSR count). The van der Waals surface area contributed by atoms with Gasteiger partial charge in [0.05, 0.1) is 11.4 Å². The van der Waals surface area contributed by atoms with Crippen LogP contribution in [0.5, 0.6) is 0 Å². The Bertz CT molecular complexity index is 514. The second-order valence-electron chi connectivity index (χ2n) is 3.19. The standard InChI is InChI=1S/C10H11FN2O2S/c1-3-4-13(2)16(14,15)10-6-8(11)5-9(12)7-10/h1,5-7H,4,12H2,2H3. The summed E-state index contributed by atoms with van der Waals surface area (Å²) in [6.45, 7) is -0.0846. The molecule has 16 heavy (non-hydrogen) atoms. The van der Waals surface area contributed by atoms with Gasteiger partial charge in [-0.1, -0.05) is 5.92 Å². The van der Waals surface area contributed by atoms with Crippen LogP contribution in [0.15, 0.2) is 23.1 Å². The Kier molecular flexibility index (Phi) is 3.52. The first-order valence-corrected chi connectivity index (χ1v) is 5.78. The fourth-order valence-electron chi connectivity index (χ4n) is 1.13. The van der Waals surface area contributed by atoms with Crippen molar-refractivity contribution in [2.75, 3.05) is 19.3 Å². The Morgan fingerprint density at radius 2 is 2.12 bits per heavy atom. The highest BCUT2D eigenvalue weighted by Crippen LogP contribution is 2.18. The molecule has 0 aliphatic heterocycles. The van der Waals surface area contributed by atoms with E-state index in [1.54, 1.807) is 0 Å². The molecule has 0 aliphatic carbocycles. The molecule has 0 radical (unpaired) electrons. The van der Waals surface area contributed by atoms with Crippen molar-refractivity contribution in [2.24, 2.45) is 0 Å². The lowest BCUT2D eigenvalue weighted by Gasteiger charge is -2.14. The van der Waals surface area contributed by atoms with Crippen LogP contribution in [0.2, 0.25) is 0 Å². The van der Waals surface area contributed by atoms with Crippen molar-refractivity contribution in [2.45, 2.75) is 4.90 Å². The highest BCUT2D eigenvalue weighted by molar-refractivity contribution is 7.89. The number of anilines is 1. The second kappa shape index (κ2) is 4.51. The third kappa shape index (κ3) is 2.51. The summed E-state index contributed by atoms with van der Waals surface area (Å²) in [6.07, 6.45) is 5.01. The third-order valence-corrected chi connectivity index (χ3v) is 3.70. The van der Waals surface area contributed by atoms with Gasteiger partial charge < -0.3 is 5.73 Å². The molecular formula is C10H11FN2O2S. The minimum atomic E-state index is -3.78. The summed E-state index contributed by atoms with van der Waals surface area (Å²) >= 11 is 0. The number of nitrogens with zero attached hydrogens (tertiary/aromatic N) is 1. The third-order valence-electron chi connectivity index (χ3n) is 1.92. The van der Waals surface area contributed by atoms with E-state index in [-0.39, 0.29) is 17.1 Å². The van der Waals surface area contributed by atoms with Gasteiger partial charge in [0.1, 0.15) is 5.82 Å². The highest BCUT2D eigenvalue weighted by Gasteiger charge is 2.20. The van der Waals surface area contributed by atoms with Gasteiger partial charge in [-0.2, -0.15) is 4.31 Å². The van der Waals surface area contributed by atoms with Crippen LogP contribution in [0.3, 0.4) is 0 Å². The quantitative estimate of drug-likeness (QED) is 0.625. The van der Waals surface area contributed by atoms with E-state index in [4.69, 9.17) is 12.2 Å². The number of hydrogen-bond donors (Lipinski definition) is 1. The number of nitrogens with two attached hydrogens (primary N) is 1. The number of halogens is 1. The molecule has 0 saturated heterocycles. The predicted octanol–water partition coefficient (Wildman–Crippen LogP) is 0.662. The summed E-state index contributed by atoms with van der Waals surface area (Å²) in [4.78, 5) is -0.206. The van der Waals surface area contributed by atoms with Gasteiger partial charge in [-0.05, 0) is 18.2 Å². The zero-order chi connectivity index (χ0) is 12.3. The first-order valence-electron chi connectivity index (χ1n) is 4.34. The summed E-state index contributed by atoms with van der Waals surface area (Å²) in [5, 5.41) is 0. The van der Waals surface area contributed by atoms with E-state index in [0.717, 1.165) is 16.4 Å². The van der Waals surface area contributed by atoms with E-state index in [2.05, 4.69) is 5.92 Å². The van der Waals surface area contributed by atoms with Crippen molar-refractivity contribution in [3.8, 4) is 12.3 Å². The van der Waals surface area contributed by atoms with Crippen LogP contribution in [0.4, 0.5) is 10.1 Å². The smallest absolute Gasteiger partial charge is 0.243 e. The van der Waals surface area contributed by atoms with Gasteiger partial charge in [-0.25, -0.2) is 12.8 Å². The van der Waals surface area contributed by atoms with E-state index in [1.807, 2.05) is 0 Å². The van der Waals surface area contributed by atoms with Crippen LogP contribution >= 0.6 is 0 Å². The maximum Gasteiger partial charge on any atom is 0.243 e. The molecule has 0 unspecified atom stereocenters. The number of terminal acetylenes is 1. The lowest BCUT2D eigenvalue weighted by atomic mass is 10.3. The molecule has 0 spiro atoms. The fourth-order valence-corrected chi connectivity index (χ4v) is 2.28. The average molecular weight is 242 g/mol. The Morgan fingerprint density at radius 1 is 1.50 bits per heavy atom. The Balaban J connectivity index is 3.23. The minimum absolute atomic E-state index is 0.0488. The van der Waals surface area contributed by atoms with Gasteiger partial charge in [0.15, 0.2) is 0 Å². The van der Waals surface area contributed by atoms with Crippen LogP contribution < -0.4 is 5.73 Å². The molecule has 0 saturated carbocycles. The number of sulfonamides is 1. The molecule has 0 bridgehead atoms. The number of rotatable bonds is 3. The van der Waals surface area contributed by atoms with Crippen molar-refractivity contribution in [1.82, 2.24) is 4.31 Å². The summed E-state index contributed by atoms with van der Waals surface area (Å²) in [7, 11) is -2.46. The SMILES string of the molecule is C#CCN(C)S(=O)(=O)c1cc(N)cc(F)c1. The maximum atomic E-state index is 13.0. The zero-order valence-electron chi connectivity index (χ0n) is 8.64. The molecule has 1 aromatic rings. The van der Waals surface area contributed by atoms with Gasteiger partial charge in [0, 0.05) is 12.7 Å². The van der Waals surface area contributed by atoms with Crippen LogP contribution in [-0.2, 0) is 10.0 Å². The average Bonchev–Trinajstić information content (AvgIpc) is 2.16. The van der Waals surface area contributed by atoms with Crippen molar-refractivity contribution in [3.63, 3.8) is 0 Å². The van der Waals surface area contributed by atoms with Gasteiger partial charge >= 0.3 is 0 Å². The monoisotopic (exact) mass is 242 g/mol. The summed E-state index contributed by atoms with van der Waals surface area (Å²) in [5.41, 5.74) is 5.42. The molecule has 0 atom stereocenters. The van der Waals surface area contributed by atoms with Gasteiger partial charge in [0.25, 0.3) is 0 Å². The molecule has 6 heteroatoms. The summed E-state index contributed by atoms with van der Waals surface area (Å²) in [5.74, 6) is 1.49. The van der Waals surface area contributed by atoms with Crippen LogP contribution in [0, 0.1) is 18.2 Å². The lowest BCUT2D eigenvalue weighted by molar-refractivity contribution is 0.501. The van der Waals surface area contributed by atoms with Gasteiger partial charge in [0.2, 0.25) is 10.0 Å². The molecule has 0 fully saturated rings. The summed E-state index contributed by atoms with van der Waals surface area (Å²) < 4.78 is 37.6. The number of hydrogen-bond acceptors (Lipinski definition) is 3. The maximum absolute atomic E-state index is 13.0.